The molecule has 0 aromatic carbocycles. The van der Waals surface area contributed by atoms with Crippen LogP contribution in [0.15, 0.2) is 25.4 Å². The topological polar surface area (TPSA) is 57.6 Å². The molecule has 1 aliphatic heterocycles. The third-order valence-corrected chi connectivity index (χ3v) is 3.52. The summed E-state index contributed by atoms with van der Waals surface area (Å²) in [5.41, 5.74) is 0. The van der Waals surface area contributed by atoms with Gasteiger partial charge in [0.1, 0.15) is 0 Å². The van der Waals surface area contributed by atoms with E-state index in [4.69, 9.17) is 5.11 Å². The molecule has 2 unspecified atom stereocenters. The van der Waals surface area contributed by atoms with Crippen LogP contribution in [0.2, 0.25) is 0 Å². The zero-order valence-corrected chi connectivity index (χ0v) is 12.7. The van der Waals surface area contributed by atoms with Crippen molar-refractivity contribution in [2.45, 2.75) is 46.0 Å². The van der Waals surface area contributed by atoms with Gasteiger partial charge in [0.05, 0.1) is 5.92 Å². The second kappa shape index (κ2) is 10.2. The van der Waals surface area contributed by atoms with Gasteiger partial charge >= 0.3 is 5.97 Å². The van der Waals surface area contributed by atoms with Crippen molar-refractivity contribution in [1.82, 2.24) is 4.90 Å². The average molecular weight is 281 g/mol. The number of rotatable bonds is 7. The maximum absolute atomic E-state index is 10.8. The van der Waals surface area contributed by atoms with E-state index in [1.54, 1.807) is 17.2 Å². The fourth-order valence-corrected chi connectivity index (χ4v) is 2.06. The quantitative estimate of drug-likeness (QED) is 0.727. The van der Waals surface area contributed by atoms with Gasteiger partial charge in [-0.25, -0.2) is 0 Å². The van der Waals surface area contributed by atoms with Gasteiger partial charge < -0.3 is 10.0 Å². The first kappa shape index (κ1) is 18.4. The molecular weight excluding hydrogens is 254 g/mol. The summed E-state index contributed by atoms with van der Waals surface area (Å²) in [5.74, 6) is -0.660. The SMILES string of the molecule is C=CC(C)C(CCCC)C(=O)O.C=CN1CCCC1=O. The molecule has 0 bridgehead atoms. The minimum absolute atomic E-state index is 0.0778. The average Bonchev–Trinajstić information content (AvgIpc) is 2.84. The van der Waals surface area contributed by atoms with Crippen molar-refractivity contribution in [2.24, 2.45) is 11.8 Å². The highest BCUT2D eigenvalue weighted by molar-refractivity contribution is 5.78. The summed E-state index contributed by atoms with van der Waals surface area (Å²) < 4.78 is 0. The predicted octanol–water partition coefficient (Wildman–Crippen LogP) is 3.45. The van der Waals surface area contributed by atoms with Gasteiger partial charge in [0, 0.05) is 13.0 Å². The van der Waals surface area contributed by atoms with Crippen molar-refractivity contribution in [2.75, 3.05) is 6.54 Å². The van der Waals surface area contributed by atoms with Crippen molar-refractivity contribution in [3.8, 4) is 0 Å². The maximum Gasteiger partial charge on any atom is 0.307 e. The van der Waals surface area contributed by atoms with E-state index in [-0.39, 0.29) is 17.7 Å². The van der Waals surface area contributed by atoms with Crippen LogP contribution >= 0.6 is 0 Å². The van der Waals surface area contributed by atoms with Gasteiger partial charge in [-0.3, -0.25) is 9.59 Å². The Kier molecular flexibility index (Phi) is 9.43. The fourth-order valence-electron chi connectivity index (χ4n) is 2.06. The van der Waals surface area contributed by atoms with E-state index in [1.807, 2.05) is 6.92 Å². The maximum atomic E-state index is 10.8. The summed E-state index contributed by atoms with van der Waals surface area (Å²) in [6, 6.07) is 0. The monoisotopic (exact) mass is 281 g/mol. The summed E-state index contributed by atoms with van der Waals surface area (Å²) >= 11 is 0. The second-order valence-corrected chi connectivity index (χ2v) is 5.06. The summed E-state index contributed by atoms with van der Waals surface area (Å²) in [6.07, 6.45) is 7.79. The first-order valence-corrected chi connectivity index (χ1v) is 7.25. The fraction of sp³-hybridized carbons (Fsp3) is 0.625. The Bertz CT molecular complexity index is 339. The molecule has 1 heterocycles. The molecule has 0 aromatic rings. The smallest absolute Gasteiger partial charge is 0.307 e. The third kappa shape index (κ3) is 6.55. The Morgan fingerprint density at radius 3 is 2.45 bits per heavy atom. The van der Waals surface area contributed by atoms with Crippen LogP contribution in [0.3, 0.4) is 0 Å². The van der Waals surface area contributed by atoms with Gasteiger partial charge in [-0.05, 0) is 25.0 Å². The number of hydrogen-bond donors (Lipinski definition) is 1. The van der Waals surface area contributed by atoms with Crippen LogP contribution in [0.5, 0.6) is 0 Å². The number of unbranched alkanes of at least 4 members (excludes halogenated alkanes) is 1. The Morgan fingerprint density at radius 2 is 2.15 bits per heavy atom. The van der Waals surface area contributed by atoms with Gasteiger partial charge in [0.25, 0.3) is 0 Å². The molecule has 0 spiro atoms. The number of carbonyl (C=O) groups is 2. The lowest BCUT2D eigenvalue weighted by Crippen LogP contribution is -2.20. The summed E-state index contributed by atoms with van der Waals surface area (Å²) in [4.78, 5) is 23.1. The highest BCUT2D eigenvalue weighted by atomic mass is 16.4. The number of carboxylic acids is 1. The molecule has 4 heteroatoms. The van der Waals surface area contributed by atoms with E-state index < -0.39 is 5.97 Å². The number of hydrogen-bond acceptors (Lipinski definition) is 2. The second-order valence-electron chi connectivity index (χ2n) is 5.06. The molecule has 0 aliphatic carbocycles. The summed E-state index contributed by atoms with van der Waals surface area (Å²) in [5, 5.41) is 8.85. The van der Waals surface area contributed by atoms with Crippen LogP contribution in [0.4, 0.5) is 0 Å². The number of aliphatic carboxylic acids is 1. The number of carboxylic acid groups (broad SMARTS) is 1. The van der Waals surface area contributed by atoms with Crippen molar-refractivity contribution >= 4 is 11.9 Å². The Morgan fingerprint density at radius 1 is 1.50 bits per heavy atom. The molecule has 0 aromatic heterocycles. The Hall–Kier alpha value is -1.58. The molecule has 1 amide bonds. The number of allylic oxidation sites excluding steroid dienone is 1. The molecule has 1 rings (SSSR count). The molecule has 1 fully saturated rings. The van der Waals surface area contributed by atoms with Crippen LogP contribution in [0.25, 0.3) is 0 Å². The first-order valence-electron chi connectivity index (χ1n) is 7.25. The van der Waals surface area contributed by atoms with E-state index in [1.165, 1.54) is 0 Å². The zero-order valence-electron chi connectivity index (χ0n) is 12.7. The zero-order chi connectivity index (χ0) is 15.5. The lowest BCUT2D eigenvalue weighted by molar-refractivity contribution is -0.143. The number of amides is 1. The third-order valence-electron chi connectivity index (χ3n) is 3.52. The highest BCUT2D eigenvalue weighted by Gasteiger charge is 2.21. The van der Waals surface area contributed by atoms with Crippen LogP contribution in [0, 0.1) is 11.8 Å². The van der Waals surface area contributed by atoms with Crippen molar-refractivity contribution in [1.29, 1.82) is 0 Å². The van der Waals surface area contributed by atoms with E-state index in [0.29, 0.717) is 6.42 Å². The standard InChI is InChI=1S/C10H18O2.C6H9NO/c1-4-6-7-9(10(11)12)8(3)5-2;1-2-7-5-3-4-6(7)8/h5,8-9H,2,4,6-7H2,1,3H3,(H,11,12);2H,1,3-5H2. The predicted molar refractivity (Wildman–Crippen MR) is 81.2 cm³/mol. The molecule has 20 heavy (non-hydrogen) atoms. The lowest BCUT2D eigenvalue weighted by atomic mass is 9.89. The van der Waals surface area contributed by atoms with E-state index in [2.05, 4.69) is 20.1 Å². The summed E-state index contributed by atoms with van der Waals surface area (Å²) in [7, 11) is 0. The van der Waals surface area contributed by atoms with E-state index in [0.717, 1.165) is 32.2 Å². The number of likely N-dealkylation sites (tertiary alicyclic amines) is 1. The minimum atomic E-state index is -0.698. The molecule has 114 valence electrons. The number of nitrogens with zero attached hydrogens (tertiary/aromatic N) is 1. The molecule has 0 radical (unpaired) electrons. The highest BCUT2D eigenvalue weighted by Crippen LogP contribution is 2.19. The van der Waals surface area contributed by atoms with Gasteiger partial charge in [-0.2, -0.15) is 0 Å². The van der Waals surface area contributed by atoms with Gasteiger partial charge in [0.15, 0.2) is 0 Å². The van der Waals surface area contributed by atoms with E-state index in [9.17, 15) is 9.59 Å². The molecule has 1 saturated heterocycles. The van der Waals surface area contributed by atoms with Crippen molar-refractivity contribution in [3.63, 3.8) is 0 Å². The van der Waals surface area contributed by atoms with Gasteiger partial charge in [0.2, 0.25) is 5.91 Å². The van der Waals surface area contributed by atoms with Crippen LogP contribution in [-0.4, -0.2) is 28.4 Å². The molecule has 2 atom stereocenters. The van der Waals surface area contributed by atoms with E-state index >= 15 is 0 Å². The largest absolute Gasteiger partial charge is 0.481 e. The van der Waals surface area contributed by atoms with Gasteiger partial charge in [-0.15, -0.1) is 6.58 Å². The molecule has 1 N–H and O–H groups in total. The Balaban J connectivity index is 0.000000388. The summed E-state index contributed by atoms with van der Waals surface area (Å²) in [6.45, 7) is 11.9. The molecular formula is C16H27NO3. The molecule has 0 saturated carbocycles. The molecule has 4 nitrogen and oxygen atoms in total. The lowest BCUT2D eigenvalue weighted by Gasteiger charge is -2.15. The van der Waals surface area contributed by atoms with Gasteiger partial charge in [-0.1, -0.05) is 39.3 Å². The van der Waals surface area contributed by atoms with Crippen LogP contribution < -0.4 is 0 Å². The van der Waals surface area contributed by atoms with Crippen LogP contribution in [0.1, 0.15) is 46.0 Å². The van der Waals surface area contributed by atoms with Crippen molar-refractivity contribution in [3.05, 3.63) is 25.4 Å². The van der Waals surface area contributed by atoms with Crippen LogP contribution in [-0.2, 0) is 9.59 Å². The molecule has 1 aliphatic rings. The normalized spacial score (nSPS) is 16.9. The first-order chi connectivity index (χ1) is 9.47. The Labute approximate surface area is 122 Å². The number of carbonyl (C=O) groups excluding carboxylic acids is 1. The minimum Gasteiger partial charge on any atom is -0.481 e. The van der Waals surface area contributed by atoms with Crippen molar-refractivity contribution < 1.29 is 14.7 Å².